The van der Waals surface area contributed by atoms with Crippen molar-refractivity contribution in [3.63, 3.8) is 0 Å². The molecule has 0 N–H and O–H groups in total. The number of piperidine rings is 1. The molecule has 1 aromatic heterocycles. The molecule has 138 valence electrons. The predicted molar refractivity (Wildman–Crippen MR) is 99.8 cm³/mol. The zero-order valence-corrected chi connectivity index (χ0v) is 15.6. The molecule has 4 rings (SSSR count). The highest BCUT2D eigenvalue weighted by Gasteiger charge is 2.30. The Labute approximate surface area is 155 Å². The molecule has 2 aliphatic heterocycles. The van der Waals surface area contributed by atoms with Crippen LogP contribution in [-0.2, 0) is 13.0 Å². The zero-order valence-electron chi connectivity index (χ0n) is 15.6. The molecule has 0 bridgehead atoms. The van der Waals surface area contributed by atoms with E-state index in [0.29, 0.717) is 12.0 Å². The molecule has 1 fully saturated rings. The van der Waals surface area contributed by atoms with Gasteiger partial charge in [-0.1, -0.05) is 37.3 Å². The molecule has 0 spiro atoms. The normalized spacial score (nSPS) is 22.1. The first-order valence-corrected chi connectivity index (χ1v) is 9.68. The van der Waals surface area contributed by atoms with Gasteiger partial charge in [0.25, 0.3) is 5.89 Å². The summed E-state index contributed by atoms with van der Waals surface area (Å²) in [5, 5.41) is 0. The molecular weight excluding hydrogens is 326 g/mol. The van der Waals surface area contributed by atoms with E-state index < -0.39 is 0 Å². The number of benzene rings is 1. The summed E-state index contributed by atoms with van der Waals surface area (Å²) in [6.07, 6.45) is 3.07. The number of fused-ring (bicyclic) bond motifs is 1. The van der Waals surface area contributed by atoms with Crippen molar-refractivity contribution in [3.05, 3.63) is 53.2 Å². The van der Waals surface area contributed by atoms with E-state index in [2.05, 4.69) is 48.0 Å². The second-order valence-corrected chi connectivity index (χ2v) is 7.69. The van der Waals surface area contributed by atoms with Gasteiger partial charge in [-0.2, -0.15) is 0 Å². The van der Waals surface area contributed by atoms with Crippen LogP contribution in [0.15, 0.2) is 34.7 Å². The highest BCUT2D eigenvalue weighted by molar-refractivity contribution is 5.89. The van der Waals surface area contributed by atoms with Crippen LogP contribution < -0.4 is 0 Å². The number of hydrogen-bond donors (Lipinski definition) is 0. The van der Waals surface area contributed by atoms with Gasteiger partial charge in [0.15, 0.2) is 0 Å². The summed E-state index contributed by atoms with van der Waals surface area (Å²) in [6.45, 7) is 7.70. The summed E-state index contributed by atoms with van der Waals surface area (Å²) in [6, 6.07) is 10.8. The molecule has 2 aromatic rings. The van der Waals surface area contributed by atoms with Gasteiger partial charge < -0.3 is 9.32 Å². The molecule has 3 heterocycles. The van der Waals surface area contributed by atoms with E-state index >= 15 is 0 Å². The van der Waals surface area contributed by atoms with Crippen LogP contribution in [-0.4, -0.2) is 40.3 Å². The summed E-state index contributed by atoms with van der Waals surface area (Å²) in [4.78, 5) is 21.6. The largest absolute Gasteiger partial charge is 0.437 e. The lowest BCUT2D eigenvalue weighted by Gasteiger charge is -2.31. The van der Waals surface area contributed by atoms with Gasteiger partial charge in [-0.05, 0) is 31.2 Å². The lowest BCUT2D eigenvalue weighted by atomic mass is 10.0. The lowest BCUT2D eigenvalue weighted by Crippen LogP contribution is -2.39. The fourth-order valence-corrected chi connectivity index (χ4v) is 4.09. The Balaban J connectivity index is 1.48. The van der Waals surface area contributed by atoms with E-state index in [4.69, 9.17) is 4.42 Å². The first-order chi connectivity index (χ1) is 12.6. The molecule has 2 atom stereocenters. The van der Waals surface area contributed by atoms with Crippen LogP contribution in [0.1, 0.15) is 60.4 Å². The molecular formula is C21H27N3O2. The van der Waals surface area contributed by atoms with Crippen LogP contribution in [0.3, 0.4) is 0 Å². The Morgan fingerprint density at radius 3 is 2.85 bits per heavy atom. The third kappa shape index (κ3) is 3.40. The molecule has 5 heteroatoms. The zero-order chi connectivity index (χ0) is 18.1. The van der Waals surface area contributed by atoms with Crippen LogP contribution in [0.2, 0.25) is 0 Å². The molecule has 0 aliphatic carbocycles. The van der Waals surface area contributed by atoms with Gasteiger partial charge in [-0.15, -0.1) is 0 Å². The van der Waals surface area contributed by atoms with Crippen molar-refractivity contribution < 1.29 is 9.21 Å². The van der Waals surface area contributed by atoms with Crippen LogP contribution >= 0.6 is 0 Å². The average molecular weight is 353 g/mol. The minimum atomic E-state index is -0.0476. The van der Waals surface area contributed by atoms with Crippen molar-refractivity contribution >= 4 is 5.91 Å². The minimum absolute atomic E-state index is 0.0476. The smallest absolute Gasteiger partial charge is 0.309 e. The molecule has 5 nitrogen and oxygen atoms in total. The second-order valence-electron chi connectivity index (χ2n) is 7.69. The van der Waals surface area contributed by atoms with E-state index in [-0.39, 0.29) is 11.8 Å². The van der Waals surface area contributed by atoms with Crippen LogP contribution in [0.5, 0.6) is 0 Å². The number of oxazole rings is 1. The van der Waals surface area contributed by atoms with Gasteiger partial charge in [0.1, 0.15) is 5.76 Å². The van der Waals surface area contributed by atoms with E-state index in [1.165, 1.54) is 12.0 Å². The van der Waals surface area contributed by atoms with E-state index in [9.17, 15) is 4.79 Å². The molecule has 0 saturated carbocycles. The Morgan fingerprint density at radius 1 is 1.27 bits per heavy atom. The average Bonchev–Trinajstić information content (AvgIpc) is 3.10. The summed E-state index contributed by atoms with van der Waals surface area (Å²) < 4.78 is 5.86. The van der Waals surface area contributed by atoms with Crippen molar-refractivity contribution in [1.82, 2.24) is 14.8 Å². The lowest BCUT2D eigenvalue weighted by molar-refractivity contribution is 0.0640. The molecule has 1 aromatic carbocycles. The number of carbonyl (C=O) groups is 1. The van der Waals surface area contributed by atoms with Crippen LogP contribution in [0.25, 0.3) is 0 Å². The topological polar surface area (TPSA) is 49.6 Å². The Kier molecular flexibility index (Phi) is 4.81. The molecule has 2 aliphatic rings. The maximum atomic E-state index is 12.8. The van der Waals surface area contributed by atoms with Gasteiger partial charge in [0, 0.05) is 38.6 Å². The molecule has 0 unspecified atom stereocenters. The van der Waals surface area contributed by atoms with E-state index in [1.807, 2.05) is 11.0 Å². The number of carbonyl (C=O) groups excluding carboxylic acids is 1. The third-order valence-corrected chi connectivity index (χ3v) is 5.71. The number of nitrogens with zero attached hydrogens (tertiary/aromatic N) is 3. The van der Waals surface area contributed by atoms with E-state index in [1.54, 1.807) is 0 Å². The van der Waals surface area contributed by atoms with Gasteiger partial charge in [0.2, 0.25) is 0 Å². The molecule has 0 radical (unpaired) electrons. The van der Waals surface area contributed by atoms with Crippen molar-refractivity contribution in [2.45, 2.75) is 45.7 Å². The maximum Gasteiger partial charge on any atom is 0.309 e. The summed E-state index contributed by atoms with van der Waals surface area (Å²) in [5.41, 5.74) is 2.23. The minimum Gasteiger partial charge on any atom is -0.437 e. The summed E-state index contributed by atoms with van der Waals surface area (Å²) in [5.74, 6) is 1.67. The van der Waals surface area contributed by atoms with Crippen molar-refractivity contribution in [1.29, 1.82) is 0 Å². The maximum absolute atomic E-state index is 12.8. The molecule has 1 saturated heterocycles. The SMILES string of the molecule is C[C@@H]1CCCN(C(=O)c2nc3c(o2)CCN([C@H](C)c2ccccc2)C3)C1. The number of amides is 1. The van der Waals surface area contributed by atoms with Gasteiger partial charge in [-0.3, -0.25) is 9.69 Å². The summed E-state index contributed by atoms with van der Waals surface area (Å²) >= 11 is 0. The third-order valence-electron chi connectivity index (χ3n) is 5.71. The Morgan fingerprint density at radius 2 is 2.08 bits per heavy atom. The fraction of sp³-hybridized carbons (Fsp3) is 0.524. The highest BCUT2D eigenvalue weighted by Crippen LogP contribution is 2.28. The van der Waals surface area contributed by atoms with Gasteiger partial charge in [-0.25, -0.2) is 4.98 Å². The highest BCUT2D eigenvalue weighted by atomic mass is 16.4. The van der Waals surface area contributed by atoms with Crippen molar-refractivity contribution in [3.8, 4) is 0 Å². The number of rotatable bonds is 3. The fourth-order valence-electron chi connectivity index (χ4n) is 4.09. The van der Waals surface area contributed by atoms with Crippen molar-refractivity contribution in [2.75, 3.05) is 19.6 Å². The molecule has 1 amide bonds. The first kappa shape index (κ1) is 17.3. The number of aromatic nitrogens is 1. The quantitative estimate of drug-likeness (QED) is 0.845. The van der Waals surface area contributed by atoms with Crippen molar-refractivity contribution in [2.24, 2.45) is 5.92 Å². The Hall–Kier alpha value is -2.14. The standard InChI is InChI=1S/C21H27N3O2/c1-15-7-6-11-24(13-15)21(25)20-22-18-14-23(12-10-19(18)26-20)16(2)17-8-4-3-5-9-17/h3-5,8-9,15-16H,6-7,10-14H2,1-2H3/t15-,16-/m1/s1. The van der Waals surface area contributed by atoms with Gasteiger partial charge in [0.05, 0.1) is 5.69 Å². The second kappa shape index (κ2) is 7.23. The van der Waals surface area contributed by atoms with Gasteiger partial charge >= 0.3 is 5.91 Å². The molecule has 26 heavy (non-hydrogen) atoms. The van der Waals surface area contributed by atoms with E-state index in [0.717, 1.165) is 50.5 Å². The monoisotopic (exact) mass is 353 g/mol. The number of hydrogen-bond acceptors (Lipinski definition) is 4. The summed E-state index contributed by atoms with van der Waals surface area (Å²) in [7, 11) is 0. The van der Waals surface area contributed by atoms with Crippen LogP contribution in [0, 0.1) is 5.92 Å². The first-order valence-electron chi connectivity index (χ1n) is 9.68. The van der Waals surface area contributed by atoms with Crippen LogP contribution in [0.4, 0.5) is 0 Å². The Bertz CT molecular complexity index is 771. The number of likely N-dealkylation sites (tertiary alicyclic amines) is 1. The predicted octanol–water partition coefficient (Wildman–Crippen LogP) is 3.67.